The van der Waals surface area contributed by atoms with Gasteiger partial charge in [0.1, 0.15) is 0 Å². The van der Waals surface area contributed by atoms with Crippen molar-refractivity contribution < 1.29 is 19.1 Å². The van der Waals surface area contributed by atoms with E-state index in [0.29, 0.717) is 45.3 Å². The van der Waals surface area contributed by atoms with Gasteiger partial charge in [0.05, 0.1) is 13.2 Å². The Labute approximate surface area is 179 Å². The summed E-state index contributed by atoms with van der Waals surface area (Å²) in [6.45, 7) is 8.87. The van der Waals surface area contributed by atoms with Crippen LogP contribution in [0.15, 0.2) is 12.2 Å². The predicted molar refractivity (Wildman–Crippen MR) is 121 cm³/mol. The van der Waals surface area contributed by atoms with Gasteiger partial charge in [0.2, 0.25) is 0 Å². The molecule has 0 aromatic rings. The molecule has 4 heteroatoms. The molecule has 0 fully saturated rings. The van der Waals surface area contributed by atoms with Crippen molar-refractivity contribution in [3.8, 4) is 0 Å². The first kappa shape index (κ1) is 27.7. The zero-order chi connectivity index (χ0) is 21.6. The first-order chi connectivity index (χ1) is 14.1. The minimum absolute atomic E-state index is 0.149. The smallest absolute Gasteiger partial charge is 0.305 e. The number of hydrogen-bond donors (Lipinski definition) is 0. The maximum Gasteiger partial charge on any atom is 0.305 e. The average Bonchev–Trinajstić information content (AvgIpc) is 2.68. The minimum atomic E-state index is -0.198. The van der Waals surface area contributed by atoms with Gasteiger partial charge in [-0.25, -0.2) is 0 Å². The predicted octanol–water partition coefficient (Wildman–Crippen LogP) is 7.30. The largest absolute Gasteiger partial charge is 0.466 e. The maximum absolute atomic E-state index is 11.7. The van der Waals surface area contributed by atoms with E-state index in [1.165, 1.54) is 64.2 Å². The number of carbonyl (C=O) groups excluding carboxylic acids is 2. The van der Waals surface area contributed by atoms with Gasteiger partial charge in [-0.15, -0.1) is 6.58 Å². The molecule has 0 N–H and O–H groups in total. The second kappa shape index (κ2) is 21.4. The van der Waals surface area contributed by atoms with Crippen LogP contribution in [0.25, 0.3) is 0 Å². The van der Waals surface area contributed by atoms with Crippen LogP contribution >= 0.6 is 0 Å². The fourth-order valence-electron chi connectivity index (χ4n) is 3.15. The quantitative estimate of drug-likeness (QED) is 0.113. The molecular formula is C25H46O4. The lowest BCUT2D eigenvalue weighted by Crippen LogP contribution is -2.08. The third kappa shape index (κ3) is 22.8. The van der Waals surface area contributed by atoms with Crippen LogP contribution in [0, 0.1) is 0 Å². The molecule has 0 aromatic carbocycles. The van der Waals surface area contributed by atoms with Crippen LogP contribution in [-0.4, -0.2) is 25.2 Å². The molecule has 0 saturated heterocycles. The number of rotatable bonds is 21. The topological polar surface area (TPSA) is 52.6 Å². The van der Waals surface area contributed by atoms with E-state index in [0.717, 1.165) is 18.4 Å². The van der Waals surface area contributed by atoms with Crippen LogP contribution in [0.2, 0.25) is 0 Å². The molecular weight excluding hydrogens is 364 g/mol. The minimum Gasteiger partial charge on any atom is -0.466 e. The fourth-order valence-corrected chi connectivity index (χ4v) is 3.15. The Morgan fingerprint density at radius 2 is 1.00 bits per heavy atom. The molecule has 0 unspecified atom stereocenters. The second-order valence-electron chi connectivity index (χ2n) is 8.24. The molecule has 0 rings (SSSR count). The Morgan fingerprint density at radius 1 is 0.586 bits per heavy atom. The van der Waals surface area contributed by atoms with E-state index in [4.69, 9.17) is 9.47 Å². The van der Waals surface area contributed by atoms with Gasteiger partial charge >= 0.3 is 11.9 Å². The molecule has 0 aliphatic rings. The van der Waals surface area contributed by atoms with Crippen molar-refractivity contribution in [3.63, 3.8) is 0 Å². The second-order valence-corrected chi connectivity index (χ2v) is 8.24. The van der Waals surface area contributed by atoms with Gasteiger partial charge in [0.15, 0.2) is 0 Å². The van der Waals surface area contributed by atoms with Gasteiger partial charge in [-0.2, -0.15) is 0 Å². The van der Waals surface area contributed by atoms with Crippen molar-refractivity contribution in [2.75, 3.05) is 13.2 Å². The van der Waals surface area contributed by atoms with E-state index in [-0.39, 0.29) is 11.9 Å². The Morgan fingerprint density at radius 3 is 1.45 bits per heavy atom. The van der Waals surface area contributed by atoms with Gasteiger partial charge in [-0.3, -0.25) is 9.59 Å². The lowest BCUT2D eigenvalue weighted by Gasteiger charge is -2.06. The summed E-state index contributed by atoms with van der Waals surface area (Å²) in [4.78, 5) is 23.2. The molecule has 0 heterocycles. The molecule has 0 aliphatic heterocycles. The van der Waals surface area contributed by atoms with E-state index in [1.807, 2.05) is 6.92 Å². The fraction of sp³-hybridized carbons (Fsp3) is 0.840. The highest BCUT2D eigenvalue weighted by Gasteiger charge is 2.06. The van der Waals surface area contributed by atoms with Crippen molar-refractivity contribution in [1.82, 2.24) is 0 Å². The molecule has 0 aromatic heterocycles. The molecule has 0 radical (unpaired) electrons. The molecule has 170 valence electrons. The van der Waals surface area contributed by atoms with E-state index in [2.05, 4.69) is 13.5 Å². The summed E-state index contributed by atoms with van der Waals surface area (Å²) >= 11 is 0. The van der Waals surface area contributed by atoms with Gasteiger partial charge in [0.25, 0.3) is 0 Å². The molecule has 0 atom stereocenters. The summed E-state index contributed by atoms with van der Waals surface area (Å²) in [5.74, 6) is -0.347. The van der Waals surface area contributed by atoms with Crippen LogP contribution in [0.3, 0.4) is 0 Å². The van der Waals surface area contributed by atoms with Crippen molar-refractivity contribution >= 4 is 11.9 Å². The molecule has 29 heavy (non-hydrogen) atoms. The summed E-state index contributed by atoms with van der Waals surface area (Å²) in [5.41, 5.74) is 1.01. The van der Waals surface area contributed by atoms with Gasteiger partial charge in [-0.1, -0.05) is 83.1 Å². The number of unbranched alkanes of at least 4 members (excludes halogenated alkanes) is 12. The van der Waals surface area contributed by atoms with E-state index in [9.17, 15) is 9.59 Å². The van der Waals surface area contributed by atoms with Crippen molar-refractivity contribution in [3.05, 3.63) is 12.2 Å². The van der Waals surface area contributed by atoms with Crippen LogP contribution in [0.5, 0.6) is 0 Å². The number of ether oxygens (including phenoxy) is 2. The lowest BCUT2D eigenvalue weighted by molar-refractivity contribution is -0.146. The summed E-state index contributed by atoms with van der Waals surface area (Å²) < 4.78 is 10.4. The molecule has 0 bridgehead atoms. The van der Waals surface area contributed by atoms with Crippen molar-refractivity contribution in [2.45, 2.75) is 123 Å². The van der Waals surface area contributed by atoms with Crippen LogP contribution < -0.4 is 0 Å². The van der Waals surface area contributed by atoms with Crippen molar-refractivity contribution in [2.24, 2.45) is 0 Å². The van der Waals surface area contributed by atoms with Crippen molar-refractivity contribution in [1.29, 1.82) is 0 Å². The number of carbonyl (C=O) groups is 2. The molecule has 4 nitrogen and oxygen atoms in total. The lowest BCUT2D eigenvalue weighted by atomic mass is 10.1. The van der Waals surface area contributed by atoms with Gasteiger partial charge < -0.3 is 9.47 Å². The Kier molecular flexibility index (Phi) is 20.4. The van der Waals surface area contributed by atoms with Crippen LogP contribution in [-0.2, 0) is 19.1 Å². The molecule has 0 saturated carbocycles. The van der Waals surface area contributed by atoms with Gasteiger partial charge in [0, 0.05) is 19.3 Å². The number of hydrogen-bond acceptors (Lipinski definition) is 4. The Balaban J connectivity index is 3.28. The van der Waals surface area contributed by atoms with Gasteiger partial charge in [-0.05, 0) is 26.2 Å². The normalized spacial score (nSPS) is 10.7. The zero-order valence-electron chi connectivity index (χ0n) is 19.3. The summed E-state index contributed by atoms with van der Waals surface area (Å²) in [6.07, 6.45) is 18.4. The molecule has 0 amide bonds. The molecule has 0 spiro atoms. The standard InChI is InChI=1S/C25H46O4/c1-4-5-6-7-8-9-10-11-12-13-14-17-21-28-24(26)18-15-16-19-25(27)29-22-20-23(2)3/h2,4-22H2,1,3H3. The number of esters is 2. The average molecular weight is 411 g/mol. The zero-order valence-corrected chi connectivity index (χ0v) is 19.3. The van der Waals surface area contributed by atoms with E-state index in [1.54, 1.807) is 0 Å². The molecule has 0 aliphatic carbocycles. The van der Waals surface area contributed by atoms with Crippen LogP contribution in [0.1, 0.15) is 123 Å². The SMILES string of the molecule is C=C(C)CCOC(=O)CCCCC(=O)OCCCCCCCCCCCCCC. The summed E-state index contributed by atoms with van der Waals surface area (Å²) in [5, 5.41) is 0. The van der Waals surface area contributed by atoms with Crippen LogP contribution in [0.4, 0.5) is 0 Å². The highest BCUT2D eigenvalue weighted by molar-refractivity contribution is 5.70. The van der Waals surface area contributed by atoms with E-state index < -0.39 is 0 Å². The third-order valence-corrected chi connectivity index (χ3v) is 5.06. The Bertz CT molecular complexity index is 417. The highest BCUT2D eigenvalue weighted by atomic mass is 16.5. The highest BCUT2D eigenvalue weighted by Crippen LogP contribution is 2.12. The maximum atomic E-state index is 11.7. The first-order valence-corrected chi connectivity index (χ1v) is 12.0. The third-order valence-electron chi connectivity index (χ3n) is 5.06. The summed E-state index contributed by atoms with van der Waals surface area (Å²) in [6, 6.07) is 0. The monoisotopic (exact) mass is 410 g/mol. The summed E-state index contributed by atoms with van der Waals surface area (Å²) in [7, 11) is 0. The van der Waals surface area contributed by atoms with E-state index >= 15 is 0 Å². The first-order valence-electron chi connectivity index (χ1n) is 12.0. The Hall–Kier alpha value is -1.32.